The summed E-state index contributed by atoms with van der Waals surface area (Å²) in [7, 11) is 0. The second-order valence-electron chi connectivity index (χ2n) is 5.54. The van der Waals surface area contributed by atoms with Gasteiger partial charge in [0.25, 0.3) is 0 Å². The number of amides is 1. The molecule has 0 spiro atoms. The van der Waals surface area contributed by atoms with E-state index in [0.29, 0.717) is 11.4 Å². The van der Waals surface area contributed by atoms with Crippen LogP contribution in [0.4, 0.5) is 0 Å². The van der Waals surface area contributed by atoms with E-state index in [2.05, 4.69) is 24.4 Å². The Balaban J connectivity index is 1.84. The van der Waals surface area contributed by atoms with Crippen molar-refractivity contribution in [3.8, 4) is 0 Å². The average molecular weight is 290 g/mol. The van der Waals surface area contributed by atoms with Gasteiger partial charge in [0, 0.05) is 18.4 Å². The Morgan fingerprint density at radius 3 is 2.85 bits per heavy atom. The standard InChI is InChI=1S/C16H22N2OS/c1-11-5-2-3-6-12(11)9-10-15(19)18-14-8-4-7-13(14)16(17)20/h2-3,5-6,13-14H,4,7-10H2,1H3,(H2,17,20)(H,18,19). The van der Waals surface area contributed by atoms with Gasteiger partial charge in [0.1, 0.15) is 0 Å². The molecule has 2 unspecified atom stereocenters. The van der Waals surface area contributed by atoms with E-state index >= 15 is 0 Å². The lowest BCUT2D eigenvalue weighted by molar-refractivity contribution is -0.121. The summed E-state index contributed by atoms with van der Waals surface area (Å²) >= 11 is 5.07. The summed E-state index contributed by atoms with van der Waals surface area (Å²) in [6.07, 6.45) is 4.37. The molecule has 1 aromatic rings. The number of hydrogen-bond acceptors (Lipinski definition) is 2. The molecule has 1 saturated carbocycles. The number of nitrogens with one attached hydrogen (secondary N) is 1. The van der Waals surface area contributed by atoms with Gasteiger partial charge in [-0.3, -0.25) is 4.79 Å². The molecule has 0 radical (unpaired) electrons. The SMILES string of the molecule is Cc1ccccc1CCC(=O)NC1CCCC1C(N)=S. The maximum absolute atomic E-state index is 12.1. The minimum absolute atomic E-state index is 0.0985. The zero-order chi connectivity index (χ0) is 14.5. The molecule has 0 bridgehead atoms. The van der Waals surface area contributed by atoms with Crippen LogP contribution in [0, 0.1) is 12.8 Å². The maximum Gasteiger partial charge on any atom is 0.220 e. The molecule has 108 valence electrons. The Kier molecular flexibility index (Phi) is 5.12. The number of rotatable bonds is 5. The van der Waals surface area contributed by atoms with Crippen molar-refractivity contribution in [2.75, 3.05) is 0 Å². The summed E-state index contributed by atoms with van der Waals surface area (Å²) in [4.78, 5) is 12.6. The summed E-state index contributed by atoms with van der Waals surface area (Å²) < 4.78 is 0. The summed E-state index contributed by atoms with van der Waals surface area (Å²) in [6.45, 7) is 2.08. The first-order valence-corrected chi connectivity index (χ1v) is 7.62. The molecule has 1 aliphatic rings. The third-order valence-corrected chi connectivity index (χ3v) is 4.41. The molecule has 1 aromatic carbocycles. The molecule has 1 amide bonds. The number of hydrogen-bond donors (Lipinski definition) is 2. The Bertz CT molecular complexity index is 501. The first kappa shape index (κ1) is 15.0. The number of thiocarbonyl (C=S) groups is 1. The van der Waals surface area contributed by atoms with Gasteiger partial charge >= 0.3 is 0 Å². The van der Waals surface area contributed by atoms with Crippen LogP contribution in [0.5, 0.6) is 0 Å². The predicted octanol–water partition coefficient (Wildman–Crippen LogP) is 2.50. The van der Waals surface area contributed by atoms with Crippen molar-refractivity contribution in [1.29, 1.82) is 0 Å². The van der Waals surface area contributed by atoms with Gasteiger partial charge in [-0.1, -0.05) is 42.9 Å². The van der Waals surface area contributed by atoms with Crippen LogP contribution in [-0.4, -0.2) is 16.9 Å². The van der Waals surface area contributed by atoms with Crippen molar-refractivity contribution >= 4 is 23.1 Å². The van der Waals surface area contributed by atoms with Crippen molar-refractivity contribution in [3.05, 3.63) is 35.4 Å². The molecule has 0 aliphatic heterocycles. The van der Waals surface area contributed by atoms with Gasteiger partial charge in [-0.25, -0.2) is 0 Å². The molecule has 2 rings (SSSR count). The lowest BCUT2D eigenvalue weighted by Gasteiger charge is -2.20. The van der Waals surface area contributed by atoms with E-state index in [1.165, 1.54) is 11.1 Å². The number of carbonyl (C=O) groups excluding carboxylic acids is 1. The van der Waals surface area contributed by atoms with Crippen LogP contribution in [0.1, 0.15) is 36.8 Å². The first-order chi connectivity index (χ1) is 9.58. The van der Waals surface area contributed by atoms with Gasteiger partial charge in [0.2, 0.25) is 5.91 Å². The molecule has 3 nitrogen and oxygen atoms in total. The Morgan fingerprint density at radius 2 is 2.15 bits per heavy atom. The van der Waals surface area contributed by atoms with E-state index < -0.39 is 0 Å². The Morgan fingerprint density at radius 1 is 1.40 bits per heavy atom. The molecule has 2 atom stereocenters. The van der Waals surface area contributed by atoms with E-state index in [1.54, 1.807) is 0 Å². The van der Waals surface area contributed by atoms with Gasteiger partial charge in [-0.2, -0.15) is 0 Å². The predicted molar refractivity (Wildman–Crippen MR) is 85.6 cm³/mol. The highest BCUT2D eigenvalue weighted by Crippen LogP contribution is 2.26. The summed E-state index contributed by atoms with van der Waals surface area (Å²) in [5, 5.41) is 3.09. The van der Waals surface area contributed by atoms with Crippen molar-refractivity contribution < 1.29 is 4.79 Å². The zero-order valence-electron chi connectivity index (χ0n) is 11.9. The molecule has 20 heavy (non-hydrogen) atoms. The molecule has 1 fully saturated rings. The molecular formula is C16H22N2OS. The second-order valence-corrected chi connectivity index (χ2v) is 6.01. The number of benzene rings is 1. The third kappa shape index (κ3) is 3.79. The van der Waals surface area contributed by atoms with Crippen LogP contribution in [0.25, 0.3) is 0 Å². The monoisotopic (exact) mass is 290 g/mol. The normalized spacial score (nSPS) is 21.6. The fraction of sp³-hybridized carbons (Fsp3) is 0.500. The molecule has 0 saturated heterocycles. The summed E-state index contributed by atoms with van der Waals surface area (Å²) in [5.74, 6) is 0.272. The van der Waals surface area contributed by atoms with Crippen LogP contribution in [0.2, 0.25) is 0 Å². The number of nitrogens with two attached hydrogens (primary N) is 1. The number of aryl methyl sites for hydroxylation is 2. The molecule has 3 N–H and O–H groups in total. The van der Waals surface area contributed by atoms with E-state index in [0.717, 1.165) is 25.7 Å². The van der Waals surface area contributed by atoms with Crippen LogP contribution < -0.4 is 11.1 Å². The highest BCUT2D eigenvalue weighted by Gasteiger charge is 2.30. The highest BCUT2D eigenvalue weighted by atomic mass is 32.1. The van der Waals surface area contributed by atoms with Crippen molar-refractivity contribution in [1.82, 2.24) is 5.32 Å². The summed E-state index contributed by atoms with van der Waals surface area (Å²) in [5.41, 5.74) is 8.20. The van der Waals surface area contributed by atoms with Crippen molar-refractivity contribution in [2.45, 2.75) is 45.1 Å². The topological polar surface area (TPSA) is 55.1 Å². The van der Waals surface area contributed by atoms with Crippen LogP contribution >= 0.6 is 12.2 Å². The highest BCUT2D eigenvalue weighted by molar-refractivity contribution is 7.80. The minimum Gasteiger partial charge on any atom is -0.393 e. The smallest absolute Gasteiger partial charge is 0.220 e. The van der Waals surface area contributed by atoms with Crippen molar-refractivity contribution in [2.24, 2.45) is 11.7 Å². The van der Waals surface area contributed by atoms with E-state index in [-0.39, 0.29) is 17.9 Å². The van der Waals surface area contributed by atoms with Gasteiger partial charge in [0.15, 0.2) is 0 Å². The maximum atomic E-state index is 12.1. The minimum atomic E-state index is 0.0985. The van der Waals surface area contributed by atoms with Crippen LogP contribution in [0.15, 0.2) is 24.3 Å². The molecule has 0 heterocycles. The molecule has 1 aliphatic carbocycles. The second kappa shape index (κ2) is 6.84. The molecule has 4 heteroatoms. The quantitative estimate of drug-likeness (QED) is 0.819. The van der Waals surface area contributed by atoms with Gasteiger partial charge in [-0.05, 0) is 37.3 Å². The number of carbonyl (C=O) groups is 1. The fourth-order valence-electron chi connectivity index (χ4n) is 2.89. The Hall–Kier alpha value is -1.42. The molecular weight excluding hydrogens is 268 g/mol. The summed E-state index contributed by atoms with van der Waals surface area (Å²) in [6, 6.07) is 8.32. The average Bonchev–Trinajstić information content (AvgIpc) is 2.86. The largest absolute Gasteiger partial charge is 0.393 e. The zero-order valence-corrected chi connectivity index (χ0v) is 12.7. The van der Waals surface area contributed by atoms with Gasteiger partial charge in [-0.15, -0.1) is 0 Å². The van der Waals surface area contributed by atoms with Crippen LogP contribution in [-0.2, 0) is 11.2 Å². The van der Waals surface area contributed by atoms with Crippen molar-refractivity contribution in [3.63, 3.8) is 0 Å². The molecule has 0 aromatic heterocycles. The van der Waals surface area contributed by atoms with Gasteiger partial charge < -0.3 is 11.1 Å². The Labute approximate surface area is 125 Å². The first-order valence-electron chi connectivity index (χ1n) is 7.21. The van der Waals surface area contributed by atoms with E-state index in [1.807, 2.05) is 12.1 Å². The van der Waals surface area contributed by atoms with Crippen LogP contribution in [0.3, 0.4) is 0 Å². The lowest BCUT2D eigenvalue weighted by atomic mass is 10.0. The van der Waals surface area contributed by atoms with E-state index in [9.17, 15) is 4.79 Å². The van der Waals surface area contributed by atoms with Gasteiger partial charge in [0.05, 0.1) is 4.99 Å². The van der Waals surface area contributed by atoms with E-state index in [4.69, 9.17) is 18.0 Å². The third-order valence-electron chi connectivity index (χ3n) is 4.11. The lowest BCUT2D eigenvalue weighted by Crippen LogP contribution is -2.41. The fourth-order valence-corrected chi connectivity index (χ4v) is 3.17.